The molecule has 1 rings (SSSR count). The number of ether oxygens (including phenoxy) is 2. The summed E-state index contributed by atoms with van der Waals surface area (Å²) in [7, 11) is 1.70. The Morgan fingerprint density at radius 3 is 2.57 bits per heavy atom. The van der Waals surface area contributed by atoms with E-state index in [-0.39, 0.29) is 24.0 Å². The molecular weight excluding hydrogens is 381 g/mol. The van der Waals surface area contributed by atoms with E-state index in [2.05, 4.69) is 15.6 Å². The van der Waals surface area contributed by atoms with Crippen molar-refractivity contribution in [3.8, 4) is 5.75 Å². The highest BCUT2D eigenvalue weighted by molar-refractivity contribution is 14.0. The van der Waals surface area contributed by atoms with Gasteiger partial charge < -0.3 is 20.1 Å². The lowest BCUT2D eigenvalue weighted by Gasteiger charge is -2.12. The van der Waals surface area contributed by atoms with Gasteiger partial charge in [-0.1, -0.05) is 18.2 Å². The van der Waals surface area contributed by atoms with Crippen LogP contribution in [0.4, 0.5) is 0 Å². The summed E-state index contributed by atoms with van der Waals surface area (Å²) in [4.78, 5) is 4.45. The van der Waals surface area contributed by atoms with E-state index in [9.17, 15) is 0 Å². The van der Waals surface area contributed by atoms with Crippen LogP contribution in [0.3, 0.4) is 0 Å². The lowest BCUT2D eigenvalue weighted by atomic mass is 10.3. The SMILES string of the molecule is CCNC(=NCCCOC)NCCOc1ccccc1.I. The van der Waals surface area contributed by atoms with Crippen LogP contribution in [0.25, 0.3) is 0 Å². The maximum atomic E-state index is 5.61. The molecule has 0 aromatic heterocycles. The first-order valence-electron chi connectivity index (χ1n) is 7.05. The Bertz CT molecular complexity index is 374. The van der Waals surface area contributed by atoms with Gasteiger partial charge in [-0.15, -0.1) is 24.0 Å². The average Bonchev–Trinajstić information content (AvgIpc) is 2.49. The first-order chi connectivity index (χ1) is 9.86. The zero-order valence-corrected chi connectivity index (χ0v) is 15.1. The number of hydrogen-bond donors (Lipinski definition) is 2. The summed E-state index contributed by atoms with van der Waals surface area (Å²) in [5, 5.41) is 6.44. The second-order valence-electron chi connectivity index (χ2n) is 4.20. The number of benzene rings is 1. The summed E-state index contributed by atoms with van der Waals surface area (Å²) in [5.41, 5.74) is 0. The molecule has 0 saturated carbocycles. The van der Waals surface area contributed by atoms with Crippen molar-refractivity contribution < 1.29 is 9.47 Å². The lowest BCUT2D eigenvalue weighted by Crippen LogP contribution is -2.39. The first kappa shape index (κ1) is 20.0. The zero-order chi connectivity index (χ0) is 14.5. The minimum atomic E-state index is 0. The molecule has 21 heavy (non-hydrogen) atoms. The minimum absolute atomic E-state index is 0. The first-order valence-corrected chi connectivity index (χ1v) is 7.05. The van der Waals surface area contributed by atoms with Crippen LogP contribution >= 0.6 is 24.0 Å². The molecule has 0 aliphatic carbocycles. The summed E-state index contributed by atoms with van der Waals surface area (Å²) in [5.74, 6) is 1.71. The van der Waals surface area contributed by atoms with Crippen molar-refractivity contribution in [1.29, 1.82) is 0 Å². The molecule has 0 bridgehead atoms. The minimum Gasteiger partial charge on any atom is -0.492 e. The van der Waals surface area contributed by atoms with Crippen molar-refractivity contribution in [3.63, 3.8) is 0 Å². The van der Waals surface area contributed by atoms with Crippen LogP contribution < -0.4 is 15.4 Å². The van der Waals surface area contributed by atoms with Crippen LogP contribution in [0, 0.1) is 0 Å². The lowest BCUT2D eigenvalue weighted by molar-refractivity contribution is 0.197. The highest BCUT2D eigenvalue weighted by atomic mass is 127. The third kappa shape index (κ3) is 10.4. The van der Waals surface area contributed by atoms with E-state index in [0.717, 1.165) is 37.8 Å². The quantitative estimate of drug-likeness (QED) is 0.286. The molecular formula is C15H26IN3O2. The molecule has 2 N–H and O–H groups in total. The monoisotopic (exact) mass is 407 g/mol. The van der Waals surface area contributed by atoms with E-state index >= 15 is 0 Å². The van der Waals surface area contributed by atoms with Gasteiger partial charge in [-0.2, -0.15) is 0 Å². The predicted molar refractivity (Wildman–Crippen MR) is 97.8 cm³/mol. The van der Waals surface area contributed by atoms with Gasteiger partial charge in [0.2, 0.25) is 0 Å². The van der Waals surface area contributed by atoms with E-state index in [1.807, 2.05) is 37.3 Å². The van der Waals surface area contributed by atoms with Crippen molar-refractivity contribution >= 4 is 29.9 Å². The largest absolute Gasteiger partial charge is 0.492 e. The molecule has 0 heterocycles. The van der Waals surface area contributed by atoms with Gasteiger partial charge in [0.05, 0.1) is 6.54 Å². The summed E-state index contributed by atoms with van der Waals surface area (Å²) in [6.45, 7) is 5.70. The Kier molecular flexibility index (Phi) is 13.3. The van der Waals surface area contributed by atoms with Gasteiger partial charge in [0.1, 0.15) is 12.4 Å². The van der Waals surface area contributed by atoms with Crippen molar-refractivity contribution in [2.24, 2.45) is 4.99 Å². The smallest absolute Gasteiger partial charge is 0.191 e. The number of hydrogen-bond acceptors (Lipinski definition) is 3. The van der Waals surface area contributed by atoms with Crippen LogP contribution in [-0.2, 0) is 4.74 Å². The fourth-order valence-corrected chi connectivity index (χ4v) is 1.60. The molecule has 6 heteroatoms. The molecule has 1 aromatic carbocycles. The topological polar surface area (TPSA) is 54.9 Å². The molecule has 0 unspecified atom stereocenters. The van der Waals surface area contributed by atoms with Gasteiger partial charge in [-0.25, -0.2) is 0 Å². The van der Waals surface area contributed by atoms with Crippen LogP contribution in [0.15, 0.2) is 35.3 Å². The van der Waals surface area contributed by atoms with Gasteiger partial charge in [0, 0.05) is 26.8 Å². The Morgan fingerprint density at radius 1 is 1.14 bits per heavy atom. The molecule has 0 atom stereocenters. The van der Waals surface area contributed by atoms with Gasteiger partial charge >= 0.3 is 0 Å². The summed E-state index contributed by atoms with van der Waals surface area (Å²) < 4.78 is 10.6. The van der Waals surface area contributed by atoms with Crippen LogP contribution in [-0.4, -0.2) is 45.9 Å². The fraction of sp³-hybridized carbons (Fsp3) is 0.533. The van der Waals surface area contributed by atoms with E-state index in [4.69, 9.17) is 9.47 Å². The molecule has 0 radical (unpaired) electrons. The van der Waals surface area contributed by atoms with Crippen molar-refractivity contribution in [1.82, 2.24) is 10.6 Å². The van der Waals surface area contributed by atoms with Gasteiger partial charge in [-0.3, -0.25) is 4.99 Å². The fourth-order valence-electron chi connectivity index (χ4n) is 1.60. The molecule has 0 aliphatic rings. The van der Waals surface area contributed by atoms with Crippen LogP contribution in [0.1, 0.15) is 13.3 Å². The second-order valence-corrected chi connectivity index (χ2v) is 4.20. The Labute approximate surface area is 144 Å². The molecule has 5 nitrogen and oxygen atoms in total. The number of aliphatic imine (C=N–C) groups is 1. The van der Waals surface area contributed by atoms with Crippen molar-refractivity contribution in [2.45, 2.75) is 13.3 Å². The maximum absolute atomic E-state index is 5.61. The Balaban J connectivity index is 0.00000400. The number of nitrogens with one attached hydrogen (secondary N) is 2. The van der Waals surface area contributed by atoms with E-state index in [1.54, 1.807) is 7.11 Å². The van der Waals surface area contributed by atoms with Crippen LogP contribution in [0.5, 0.6) is 5.75 Å². The third-order valence-corrected chi connectivity index (χ3v) is 2.53. The molecule has 0 amide bonds. The maximum Gasteiger partial charge on any atom is 0.191 e. The number of para-hydroxylation sites is 1. The summed E-state index contributed by atoms with van der Waals surface area (Å²) >= 11 is 0. The van der Waals surface area contributed by atoms with E-state index in [1.165, 1.54) is 0 Å². The van der Waals surface area contributed by atoms with Gasteiger partial charge in [0.15, 0.2) is 5.96 Å². The predicted octanol–water partition coefficient (Wildman–Crippen LogP) is 2.28. The third-order valence-electron chi connectivity index (χ3n) is 2.53. The highest BCUT2D eigenvalue weighted by Gasteiger charge is 1.97. The van der Waals surface area contributed by atoms with Crippen molar-refractivity contribution in [3.05, 3.63) is 30.3 Å². The average molecular weight is 407 g/mol. The number of halogens is 1. The number of nitrogens with zero attached hydrogens (tertiary/aromatic N) is 1. The highest BCUT2D eigenvalue weighted by Crippen LogP contribution is 2.07. The standard InChI is InChI=1S/C15H25N3O2.HI/c1-3-16-15(17-10-7-12-19-2)18-11-13-20-14-8-5-4-6-9-14;/h4-6,8-9H,3,7,10-13H2,1-2H3,(H2,16,17,18);1H. The van der Waals surface area contributed by atoms with E-state index < -0.39 is 0 Å². The summed E-state index contributed by atoms with van der Waals surface area (Å²) in [6.07, 6.45) is 0.924. The molecule has 0 spiro atoms. The molecule has 1 aromatic rings. The molecule has 0 aliphatic heterocycles. The van der Waals surface area contributed by atoms with Gasteiger partial charge in [0.25, 0.3) is 0 Å². The van der Waals surface area contributed by atoms with Gasteiger partial charge in [-0.05, 0) is 25.5 Å². The summed E-state index contributed by atoms with van der Waals surface area (Å²) in [6, 6.07) is 9.79. The number of methoxy groups -OCH3 is 1. The Morgan fingerprint density at radius 2 is 1.90 bits per heavy atom. The number of guanidine groups is 1. The van der Waals surface area contributed by atoms with Crippen molar-refractivity contribution in [2.75, 3.05) is 40.0 Å². The molecule has 0 saturated heterocycles. The van der Waals surface area contributed by atoms with Crippen LogP contribution in [0.2, 0.25) is 0 Å². The molecule has 120 valence electrons. The second kappa shape index (κ2) is 13.9. The normalized spacial score (nSPS) is 10.7. The Hall–Kier alpha value is -1.02. The number of rotatable bonds is 9. The zero-order valence-electron chi connectivity index (χ0n) is 12.8. The molecule has 0 fully saturated rings. The van der Waals surface area contributed by atoms with E-state index in [0.29, 0.717) is 13.2 Å².